The highest BCUT2D eigenvalue weighted by molar-refractivity contribution is 7.80. The van der Waals surface area contributed by atoms with E-state index in [9.17, 15) is 0 Å². The van der Waals surface area contributed by atoms with Gasteiger partial charge in [0, 0.05) is 5.92 Å². The van der Waals surface area contributed by atoms with Crippen molar-refractivity contribution in [1.29, 1.82) is 0 Å². The molecule has 0 spiro atoms. The second kappa shape index (κ2) is 3.61. The molecule has 0 aliphatic rings. The zero-order valence-electron chi connectivity index (χ0n) is 5.18. The topological polar surface area (TPSA) is 9.23 Å². The zero-order chi connectivity index (χ0) is 6.57. The van der Waals surface area contributed by atoms with Gasteiger partial charge in [0.25, 0.3) is 0 Å². The van der Waals surface area contributed by atoms with Gasteiger partial charge in [0.2, 0.25) is 0 Å². The maximum absolute atomic E-state index is 4.78. The summed E-state index contributed by atoms with van der Waals surface area (Å²) >= 11 is 4.78. The Hall–Kier alpha value is -0.370. The van der Waals surface area contributed by atoms with Gasteiger partial charge in [-0.15, -0.1) is 6.58 Å². The largest absolute Gasteiger partial charge is 0.490 e. The molecule has 0 aliphatic carbocycles. The maximum atomic E-state index is 4.78. The third kappa shape index (κ3) is 2.07. The fourth-order valence-corrected chi connectivity index (χ4v) is 0.378. The van der Waals surface area contributed by atoms with Gasteiger partial charge >= 0.3 is 0 Å². The number of thiocarbonyl (C=S) groups is 1. The van der Waals surface area contributed by atoms with Crippen LogP contribution in [-0.2, 0) is 4.74 Å². The molecular weight excluding hydrogens is 120 g/mol. The highest BCUT2D eigenvalue weighted by Gasteiger charge is 2.00. The SMILES string of the molecule is C=CC(C)C(=S)OC. The van der Waals surface area contributed by atoms with Crippen LogP contribution in [0.4, 0.5) is 0 Å². The van der Waals surface area contributed by atoms with Crippen LogP contribution in [0.5, 0.6) is 0 Å². The average Bonchev–Trinajstić information content (AvgIpc) is 1.84. The van der Waals surface area contributed by atoms with Crippen LogP contribution < -0.4 is 0 Å². The monoisotopic (exact) mass is 130 g/mol. The van der Waals surface area contributed by atoms with Crippen molar-refractivity contribution in [2.45, 2.75) is 6.92 Å². The van der Waals surface area contributed by atoms with Crippen LogP contribution in [0.1, 0.15) is 6.92 Å². The van der Waals surface area contributed by atoms with Crippen molar-refractivity contribution in [2.24, 2.45) is 5.92 Å². The van der Waals surface area contributed by atoms with Gasteiger partial charge in [-0.3, -0.25) is 0 Å². The first-order chi connectivity index (χ1) is 3.72. The summed E-state index contributed by atoms with van der Waals surface area (Å²) in [4.78, 5) is 0. The molecule has 0 aromatic heterocycles. The summed E-state index contributed by atoms with van der Waals surface area (Å²) in [5.41, 5.74) is 0. The summed E-state index contributed by atoms with van der Waals surface area (Å²) in [6, 6.07) is 0. The summed E-state index contributed by atoms with van der Waals surface area (Å²) in [5.74, 6) is 0.190. The zero-order valence-corrected chi connectivity index (χ0v) is 5.99. The lowest BCUT2D eigenvalue weighted by atomic mass is 10.2. The van der Waals surface area contributed by atoms with Crippen molar-refractivity contribution >= 4 is 17.3 Å². The minimum Gasteiger partial charge on any atom is -0.490 e. The number of hydrogen-bond acceptors (Lipinski definition) is 2. The minimum absolute atomic E-state index is 0.190. The second-order valence-corrected chi connectivity index (χ2v) is 1.95. The van der Waals surface area contributed by atoms with Gasteiger partial charge in [0.15, 0.2) is 5.05 Å². The Labute approximate surface area is 55.3 Å². The lowest BCUT2D eigenvalue weighted by molar-refractivity contribution is 0.393. The molecule has 46 valence electrons. The molecule has 0 rings (SSSR count). The van der Waals surface area contributed by atoms with E-state index in [4.69, 9.17) is 17.0 Å². The molecule has 0 fully saturated rings. The van der Waals surface area contributed by atoms with Crippen molar-refractivity contribution in [3.63, 3.8) is 0 Å². The number of ether oxygens (including phenoxy) is 1. The molecule has 0 aromatic carbocycles. The molecule has 1 nitrogen and oxygen atoms in total. The summed E-state index contributed by atoms with van der Waals surface area (Å²) in [5, 5.41) is 0.597. The smallest absolute Gasteiger partial charge is 0.165 e. The number of hydrogen-bond donors (Lipinski definition) is 0. The van der Waals surface area contributed by atoms with E-state index in [2.05, 4.69) is 6.58 Å². The highest BCUT2D eigenvalue weighted by atomic mass is 32.1. The maximum Gasteiger partial charge on any atom is 0.165 e. The Balaban J connectivity index is 3.62. The van der Waals surface area contributed by atoms with Crippen molar-refractivity contribution < 1.29 is 4.74 Å². The molecule has 2 heteroatoms. The van der Waals surface area contributed by atoms with E-state index in [1.807, 2.05) is 6.92 Å². The van der Waals surface area contributed by atoms with Crippen LogP contribution >= 0.6 is 12.2 Å². The molecule has 0 saturated carbocycles. The van der Waals surface area contributed by atoms with Crippen molar-refractivity contribution in [2.75, 3.05) is 7.11 Å². The molecule has 8 heavy (non-hydrogen) atoms. The molecule has 0 aliphatic heterocycles. The predicted octanol–water partition coefficient (Wildman–Crippen LogP) is 1.78. The van der Waals surface area contributed by atoms with Gasteiger partial charge in [0.05, 0.1) is 7.11 Å². The Morgan fingerprint density at radius 3 is 2.50 bits per heavy atom. The van der Waals surface area contributed by atoms with Gasteiger partial charge in [-0.1, -0.05) is 13.0 Å². The second-order valence-electron chi connectivity index (χ2n) is 1.55. The molecule has 0 aromatic rings. The van der Waals surface area contributed by atoms with E-state index in [0.717, 1.165) is 0 Å². The quantitative estimate of drug-likeness (QED) is 0.416. The van der Waals surface area contributed by atoms with Gasteiger partial charge in [-0.2, -0.15) is 0 Å². The minimum atomic E-state index is 0.190. The predicted molar refractivity (Wildman–Crippen MR) is 39.0 cm³/mol. The van der Waals surface area contributed by atoms with Gasteiger partial charge in [-0.25, -0.2) is 0 Å². The lowest BCUT2D eigenvalue weighted by Gasteiger charge is -2.03. The standard InChI is InChI=1S/C6H10OS/c1-4-5(2)6(8)7-3/h4-5H,1H2,2-3H3. The third-order valence-corrected chi connectivity index (χ3v) is 1.46. The first-order valence-corrected chi connectivity index (χ1v) is 2.83. The third-order valence-electron chi connectivity index (χ3n) is 0.927. The summed E-state index contributed by atoms with van der Waals surface area (Å²) in [6.45, 7) is 5.51. The summed E-state index contributed by atoms with van der Waals surface area (Å²) in [7, 11) is 1.57. The Bertz CT molecular complexity index is 98.7. The Kier molecular flexibility index (Phi) is 3.44. The molecule has 0 radical (unpaired) electrons. The first-order valence-electron chi connectivity index (χ1n) is 2.42. The molecular formula is C6H10OS. The van der Waals surface area contributed by atoms with E-state index in [-0.39, 0.29) is 5.92 Å². The van der Waals surface area contributed by atoms with E-state index >= 15 is 0 Å². The van der Waals surface area contributed by atoms with Crippen molar-refractivity contribution in [3.8, 4) is 0 Å². The average molecular weight is 130 g/mol. The summed E-state index contributed by atoms with van der Waals surface area (Å²) < 4.78 is 4.76. The van der Waals surface area contributed by atoms with E-state index in [1.165, 1.54) is 0 Å². The normalized spacial score (nSPS) is 12.2. The van der Waals surface area contributed by atoms with E-state index in [0.29, 0.717) is 5.05 Å². The van der Waals surface area contributed by atoms with Crippen LogP contribution in [0.15, 0.2) is 12.7 Å². The van der Waals surface area contributed by atoms with Crippen molar-refractivity contribution in [1.82, 2.24) is 0 Å². The van der Waals surface area contributed by atoms with E-state index in [1.54, 1.807) is 13.2 Å². The Morgan fingerprint density at radius 2 is 2.38 bits per heavy atom. The molecule has 0 heterocycles. The first kappa shape index (κ1) is 7.63. The number of rotatable bonds is 2. The van der Waals surface area contributed by atoms with Crippen LogP contribution in [-0.4, -0.2) is 12.2 Å². The molecule has 0 amide bonds. The fraction of sp³-hybridized carbons (Fsp3) is 0.500. The van der Waals surface area contributed by atoms with Gasteiger partial charge < -0.3 is 4.74 Å². The van der Waals surface area contributed by atoms with Crippen LogP contribution in [0.3, 0.4) is 0 Å². The van der Waals surface area contributed by atoms with Gasteiger partial charge in [-0.05, 0) is 12.2 Å². The van der Waals surface area contributed by atoms with Crippen LogP contribution in [0.25, 0.3) is 0 Å². The molecule has 1 atom stereocenters. The molecule has 0 bridgehead atoms. The summed E-state index contributed by atoms with van der Waals surface area (Å²) in [6.07, 6.45) is 1.76. The highest BCUT2D eigenvalue weighted by Crippen LogP contribution is 1.99. The number of methoxy groups -OCH3 is 1. The molecule has 0 N–H and O–H groups in total. The van der Waals surface area contributed by atoms with Crippen LogP contribution in [0, 0.1) is 5.92 Å². The van der Waals surface area contributed by atoms with Crippen LogP contribution in [0.2, 0.25) is 0 Å². The molecule has 0 saturated heterocycles. The Morgan fingerprint density at radius 1 is 1.88 bits per heavy atom. The molecule has 1 unspecified atom stereocenters. The van der Waals surface area contributed by atoms with Gasteiger partial charge in [0.1, 0.15) is 0 Å². The van der Waals surface area contributed by atoms with Crippen molar-refractivity contribution in [3.05, 3.63) is 12.7 Å². The van der Waals surface area contributed by atoms with E-state index < -0.39 is 0 Å². The lowest BCUT2D eigenvalue weighted by Crippen LogP contribution is -2.06. The fourth-order valence-electron chi connectivity index (χ4n) is 0.282.